The third kappa shape index (κ3) is 4.44. The maximum absolute atomic E-state index is 12.9. The van der Waals surface area contributed by atoms with E-state index in [1.54, 1.807) is 35.2 Å². The van der Waals surface area contributed by atoms with Gasteiger partial charge in [0.25, 0.3) is 5.91 Å². The molecule has 10 heteroatoms. The van der Waals surface area contributed by atoms with Crippen molar-refractivity contribution < 1.29 is 13.2 Å². The second-order valence-corrected chi connectivity index (χ2v) is 8.57. The Labute approximate surface area is 174 Å². The van der Waals surface area contributed by atoms with Gasteiger partial charge in [-0.05, 0) is 40.3 Å². The van der Waals surface area contributed by atoms with Crippen molar-refractivity contribution in [2.24, 2.45) is 0 Å². The van der Waals surface area contributed by atoms with Gasteiger partial charge in [-0.3, -0.25) is 4.79 Å². The third-order valence-electron chi connectivity index (χ3n) is 4.82. The Balaban J connectivity index is 1.40. The number of benzene rings is 2. The van der Waals surface area contributed by atoms with E-state index < -0.39 is 10.0 Å². The quantitative estimate of drug-likeness (QED) is 0.614. The van der Waals surface area contributed by atoms with Gasteiger partial charge in [-0.15, -0.1) is 5.10 Å². The average molecular weight is 424 g/mol. The minimum atomic E-state index is -3.54. The second kappa shape index (κ2) is 8.56. The predicted molar refractivity (Wildman–Crippen MR) is 111 cm³/mol. The molecule has 1 aromatic heterocycles. The van der Waals surface area contributed by atoms with E-state index in [4.69, 9.17) is 0 Å². The molecule has 3 aromatic rings. The van der Waals surface area contributed by atoms with Crippen molar-refractivity contribution in [1.29, 1.82) is 0 Å². The molecule has 154 valence electrons. The smallest absolute Gasteiger partial charge is 0.254 e. The standard InChI is InChI=1S/C20H20N6O3S/c27-20(18-7-4-8-19(15-18)26-16-21-22-23-26)24-10-12-25(13-11-24)30(28,29)14-9-17-5-2-1-3-6-17/h1-9,14-16H,10-13H2/b14-9+. The number of sulfonamides is 1. The lowest BCUT2D eigenvalue weighted by Gasteiger charge is -2.33. The van der Waals surface area contributed by atoms with Crippen molar-refractivity contribution in [2.75, 3.05) is 26.2 Å². The van der Waals surface area contributed by atoms with Crippen LogP contribution in [0.15, 0.2) is 66.3 Å². The van der Waals surface area contributed by atoms with E-state index in [9.17, 15) is 13.2 Å². The van der Waals surface area contributed by atoms with Crippen LogP contribution in [-0.4, -0.2) is 69.9 Å². The molecule has 1 aliphatic rings. The molecular formula is C20H20N6O3S. The van der Waals surface area contributed by atoms with Crippen LogP contribution in [0.5, 0.6) is 0 Å². The number of carbonyl (C=O) groups is 1. The van der Waals surface area contributed by atoms with Crippen molar-refractivity contribution in [2.45, 2.75) is 0 Å². The molecule has 2 aromatic carbocycles. The van der Waals surface area contributed by atoms with Gasteiger partial charge in [0.05, 0.1) is 5.69 Å². The first kappa shape index (κ1) is 19.9. The minimum Gasteiger partial charge on any atom is -0.336 e. The summed E-state index contributed by atoms with van der Waals surface area (Å²) in [6.45, 7) is 1.15. The van der Waals surface area contributed by atoms with E-state index >= 15 is 0 Å². The number of hydrogen-bond acceptors (Lipinski definition) is 6. The van der Waals surface area contributed by atoms with E-state index in [2.05, 4.69) is 15.5 Å². The highest BCUT2D eigenvalue weighted by molar-refractivity contribution is 7.92. The zero-order chi connectivity index (χ0) is 21.0. The molecular weight excluding hydrogens is 404 g/mol. The summed E-state index contributed by atoms with van der Waals surface area (Å²) in [6.07, 6.45) is 3.04. The molecule has 1 amide bonds. The Kier molecular flexibility index (Phi) is 5.68. The van der Waals surface area contributed by atoms with Gasteiger partial charge in [-0.1, -0.05) is 36.4 Å². The van der Waals surface area contributed by atoms with E-state index in [1.807, 2.05) is 30.3 Å². The predicted octanol–water partition coefficient (Wildman–Crippen LogP) is 1.42. The Morgan fingerprint density at radius 3 is 2.43 bits per heavy atom. The molecule has 0 bridgehead atoms. The van der Waals surface area contributed by atoms with Crippen LogP contribution in [0.25, 0.3) is 11.8 Å². The zero-order valence-corrected chi connectivity index (χ0v) is 16.9. The molecule has 0 unspecified atom stereocenters. The van der Waals surface area contributed by atoms with Gasteiger partial charge in [-0.2, -0.15) is 4.31 Å². The molecule has 30 heavy (non-hydrogen) atoms. The van der Waals surface area contributed by atoms with Crippen molar-refractivity contribution in [3.05, 3.63) is 77.5 Å². The summed E-state index contributed by atoms with van der Waals surface area (Å²) in [5.74, 6) is -0.151. The van der Waals surface area contributed by atoms with E-state index in [0.29, 0.717) is 24.3 Å². The van der Waals surface area contributed by atoms with Crippen LogP contribution in [0.1, 0.15) is 15.9 Å². The first-order valence-electron chi connectivity index (χ1n) is 9.39. The summed E-state index contributed by atoms with van der Waals surface area (Å²) < 4.78 is 28.1. The molecule has 4 rings (SSSR count). The molecule has 0 radical (unpaired) electrons. The Morgan fingerprint density at radius 1 is 0.967 bits per heavy atom. The first-order chi connectivity index (χ1) is 14.5. The van der Waals surface area contributed by atoms with E-state index in [0.717, 1.165) is 5.56 Å². The fourth-order valence-electron chi connectivity index (χ4n) is 3.20. The highest BCUT2D eigenvalue weighted by Gasteiger charge is 2.28. The van der Waals surface area contributed by atoms with Crippen LogP contribution < -0.4 is 0 Å². The molecule has 9 nitrogen and oxygen atoms in total. The number of tetrazole rings is 1. The molecule has 0 spiro atoms. The van der Waals surface area contributed by atoms with Gasteiger partial charge >= 0.3 is 0 Å². The topological polar surface area (TPSA) is 101 Å². The largest absolute Gasteiger partial charge is 0.336 e. The minimum absolute atomic E-state index is 0.151. The van der Waals surface area contributed by atoms with Crippen LogP contribution in [0.3, 0.4) is 0 Å². The van der Waals surface area contributed by atoms with Crippen LogP contribution in [0.4, 0.5) is 0 Å². The second-order valence-electron chi connectivity index (χ2n) is 6.75. The zero-order valence-electron chi connectivity index (χ0n) is 16.1. The van der Waals surface area contributed by atoms with Gasteiger partial charge < -0.3 is 4.90 Å². The monoisotopic (exact) mass is 424 g/mol. The van der Waals surface area contributed by atoms with E-state index in [1.165, 1.54) is 20.7 Å². The number of rotatable bonds is 5. The first-order valence-corrected chi connectivity index (χ1v) is 10.9. The van der Waals surface area contributed by atoms with Crippen molar-refractivity contribution in [3.8, 4) is 5.69 Å². The number of carbonyl (C=O) groups excluding carboxylic acids is 1. The molecule has 0 aliphatic carbocycles. The highest BCUT2D eigenvalue weighted by atomic mass is 32.2. The highest BCUT2D eigenvalue weighted by Crippen LogP contribution is 2.15. The Hall–Kier alpha value is -3.37. The Morgan fingerprint density at radius 2 is 1.73 bits per heavy atom. The lowest BCUT2D eigenvalue weighted by Crippen LogP contribution is -2.50. The summed E-state index contributed by atoms with van der Waals surface area (Å²) in [5.41, 5.74) is 2.00. The van der Waals surface area contributed by atoms with Crippen LogP contribution >= 0.6 is 0 Å². The van der Waals surface area contributed by atoms with Gasteiger partial charge in [-0.25, -0.2) is 13.1 Å². The normalized spacial score (nSPS) is 15.5. The molecule has 1 fully saturated rings. The number of hydrogen-bond donors (Lipinski definition) is 0. The van der Waals surface area contributed by atoms with Crippen LogP contribution in [0.2, 0.25) is 0 Å². The molecule has 0 atom stereocenters. The maximum Gasteiger partial charge on any atom is 0.254 e. The molecule has 2 heterocycles. The van der Waals surface area contributed by atoms with Crippen LogP contribution in [-0.2, 0) is 10.0 Å². The molecule has 0 saturated carbocycles. The van der Waals surface area contributed by atoms with Crippen molar-refractivity contribution in [3.63, 3.8) is 0 Å². The van der Waals surface area contributed by atoms with E-state index in [-0.39, 0.29) is 19.0 Å². The maximum atomic E-state index is 12.9. The number of amides is 1. The fraction of sp³-hybridized carbons (Fsp3) is 0.200. The van der Waals surface area contributed by atoms with Gasteiger partial charge in [0, 0.05) is 37.2 Å². The van der Waals surface area contributed by atoms with Gasteiger partial charge in [0.15, 0.2) is 0 Å². The number of piperazine rings is 1. The lowest BCUT2D eigenvalue weighted by atomic mass is 10.1. The molecule has 0 N–H and O–H groups in total. The Bertz CT molecular complexity index is 1140. The fourth-order valence-corrected chi connectivity index (χ4v) is 4.38. The number of aromatic nitrogens is 4. The number of nitrogens with zero attached hydrogens (tertiary/aromatic N) is 6. The summed E-state index contributed by atoms with van der Waals surface area (Å²) in [7, 11) is -3.54. The summed E-state index contributed by atoms with van der Waals surface area (Å²) in [6, 6.07) is 16.3. The molecule has 1 saturated heterocycles. The summed E-state index contributed by atoms with van der Waals surface area (Å²) in [4.78, 5) is 14.5. The van der Waals surface area contributed by atoms with Crippen molar-refractivity contribution >= 4 is 22.0 Å². The SMILES string of the molecule is O=C(c1cccc(-n2cnnn2)c1)N1CCN(S(=O)(=O)/C=C/c2ccccc2)CC1. The average Bonchev–Trinajstić information content (AvgIpc) is 3.33. The van der Waals surface area contributed by atoms with Gasteiger partial charge in [0.2, 0.25) is 10.0 Å². The summed E-state index contributed by atoms with van der Waals surface area (Å²) in [5, 5.41) is 12.2. The van der Waals surface area contributed by atoms with Gasteiger partial charge in [0.1, 0.15) is 6.33 Å². The van der Waals surface area contributed by atoms with Crippen LogP contribution in [0, 0.1) is 0 Å². The summed E-state index contributed by atoms with van der Waals surface area (Å²) >= 11 is 0. The van der Waals surface area contributed by atoms with Crippen molar-refractivity contribution in [1.82, 2.24) is 29.4 Å². The molecule has 1 aliphatic heterocycles. The third-order valence-corrected chi connectivity index (χ3v) is 6.39. The lowest BCUT2D eigenvalue weighted by molar-refractivity contribution is 0.0698.